The van der Waals surface area contributed by atoms with E-state index in [1.807, 2.05) is 37.3 Å². The van der Waals surface area contributed by atoms with Crippen LogP contribution in [-0.2, 0) is 10.3 Å². The van der Waals surface area contributed by atoms with Crippen molar-refractivity contribution >= 4 is 23.0 Å². The standard InChI is InChI=1S/C9H13BNO3S.2H2O/c1-2-9(11-15(12,13)14)10-8-6-4-3-5-7-8;;/h3-7,9,11H,2H2,1H3,(H,12,13,14);2*1H2. The predicted octanol–water partition coefficient (Wildman–Crippen LogP) is -1.50. The Balaban J connectivity index is 0. The zero-order valence-corrected chi connectivity index (χ0v) is 10.2. The van der Waals surface area contributed by atoms with Crippen LogP contribution in [0.15, 0.2) is 30.3 Å². The molecule has 1 unspecified atom stereocenters. The number of nitrogens with one attached hydrogen (secondary N) is 1. The number of hydrogen-bond donors (Lipinski definition) is 2. The summed E-state index contributed by atoms with van der Waals surface area (Å²) in [7, 11) is -2.38. The lowest BCUT2D eigenvalue weighted by molar-refractivity contribution is 0.463. The zero-order valence-electron chi connectivity index (χ0n) is 9.42. The van der Waals surface area contributed by atoms with E-state index in [1.165, 1.54) is 0 Å². The smallest absolute Gasteiger partial charge is 0.332 e. The largest absolute Gasteiger partial charge is 0.412 e. The van der Waals surface area contributed by atoms with Crippen molar-refractivity contribution in [3.63, 3.8) is 0 Å². The van der Waals surface area contributed by atoms with Crippen molar-refractivity contribution in [2.75, 3.05) is 0 Å². The summed E-state index contributed by atoms with van der Waals surface area (Å²) in [5, 5.41) is 0. The first kappa shape index (κ1) is 18.4. The molecule has 1 radical (unpaired) electrons. The lowest BCUT2D eigenvalue weighted by atomic mass is 9.63. The highest BCUT2D eigenvalue weighted by Crippen LogP contribution is 1.92. The molecule has 1 aromatic rings. The van der Waals surface area contributed by atoms with Crippen LogP contribution in [0.5, 0.6) is 0 Å². The van der Waals surface area contributed by atoms with Crippen LogP contribution >= 0.6 is 0 Å². The number of benzene rings is 1. The van der Waals surface area contributed by atoms with Gasteiger partial charge >= 0.3 is 10.3 Å². The summed E-state index contributed by atoms with van der Waals surface area (Å²) in [6.07, 6.45) is 0.578. The van der Waals surface area contributed by atoms with E-state index in [4.69, 9.17) is 4.55 Å². The minimum absolute atomic E-state index is 0. The fourth-order valence-electron chi connectivity index (χ4n) is 1.22. The van der Waals surface area contributed by atoms with Crippen LogP contribution in [0.3, 0.4) is 0 Å². The summed E-state index contributed by atoms with van der Waals surface area (Å²) in [5.74, 6) is -0.387. The normalized spacial score (nSPS) is 11.9. The summed E-state index contributed by atoms with van der Waals surface area (Å²) in [4.78, 5) is 0. The molecule has 8 heteroatoms. The van der Waals surface area contributed by atoms with Crippen molar-refractivity contribution in [3.05, 3.63) is 30.3 Å². The van der Waals surface area contributed by atoms with Crippen molar-refractivity contribution in [1.82, 2.24) is 4.72 Å². The maximum atomic E-state index is 10.6. The van der Waals surface area contributed by atoms with Gasteiger partial charge in [0.2, 0.25) is 0 Å². The van der Waals surface area contributed by atoms with E-state index in [0.717, 1.165) is 5.46 Å². The monoisotopic (exact) mass is 262 g/mol. The molecule has 0 amide bonds. The molecule has 0 saturated carbocycles. The van der Waals surface area contributed by atoms with E-state index in [1.54, 1.807) is 7.28 Å². The van der Waals surface area contributed by atoms with E-state index < -0.39 is 10.3 Å². The van der Waals surface area contributed by atoms with Gasteiger partial charge in [0.05, 0.1) is 0 Å². The van der Waals surface area contributed by atoms with E-state index in [0.29, 0.717) is 6.42 Å². The third-order valence-corrected chi connectivity index (χ3v) is 2.53. The van der Waals surface area contributed by atoms with E-state index >= 15 is 0 Å². The van der Waals surface area contributed by atoms with Crippen molar-refractivity contribution < 1.29 is 23.9 Å². The van der Waals surface area contributed by atoms with Crippen LogP contribution < -0.4 is 10.2 Å². The summed E-state index contributed by atoms with van der Waals surface area (Å²) in [5.41, 5.74) is 0.917. The second-order valence-corrected chi connectivity index (χ2v) is 4.37. The van der Waals surface area contributed by atoms with Gasteiger partial charge in [-0.05, 0) is 12.4 Å². The molecule has 0 heterocycles. The quantitative estimate of drug-likeness (QED) is 0.494. The molecule has 0 saturated heterocycles. The molecular formula is C9H17BNO5S. The van der Waals surface area contributed by atoms with Crippen LogP contribution in [0.25, 0.3) is 0 Å². The minimum Gasteiger partial charge on any atom is -0.412 e. The molecule has 0 aliphatic rings. The highest BCUT2D eigenvalue weighted by molar-refractivity contribution is 7.83. The Morgan fingerprint density at radius 1 is 1.29 bits per heavy atom. The minimum atomic E-state index is -4.14. The second-order valence-electron chi connectivity index (χ2n) is 3.19. The van der Waals surface area contributed by atoms with E-state index in [-0.39, 0.29) is 16.9 Å². The highest BCUT2D eigenvalue weighted by Gasteiger charge is 2.14. The molecule has 1 atom stereocenters. The van der Waals surface area contributed by atoms with Crippen LogP contribution in [0.1, 0.15) is 13.3 Å². The van der Waals surface area contributed by atoms with Crippen molar-refractivity contribution in [1.29, 1.82) is 0 Å². The van der Waals surface area contributed by atoms with Gasteiger partial charge in [-0.2, -0.15) is 13.1 Å². The van der Waals surface area contributed by atoms with Gasteiger partial charge in [-0.3, -0.25) is 4.55 Å². The molecule has 97 valence electrons. The van der Waals surface area contributed by atoms with Crippen molar-refractivity contribution in [2.45, 2.75) is 19.3 Å². The van der Waals surface area contributed by atoms with Crippen molar-refractivity contribution in [3.8, 4) is 0 Å². The second kappa shape index (κ2) is 8.21. The average Bonchev–Trinajstić information content (AvgIpc) is 2.16. The summed E-state index contributed by atoms with van der Waals surface area (Å²) in [6.45, 7) is 1.84. The van der Waals surface area contributed by atoms with Crippen LogP contribution in [0, 0.1) is 0 Å². The van der Waals surface area contributed by atoms with E-state index in [2.05, 4.69) is 4.72 Å². The van der Waals surface area contributed by atoms with Gasteiger partial charge in [-0.15, -0.1) is 0 Å². The molecule has 0 fully saturated rings. The molecule has 0 aromatic heterocycles. The van der Waals surface area contributed by atoms with Gasteiger partial charge in [0.25, 0.3) is 0 Å². The van der Waals surface area contributed by atoms with Crippen LogP contribution in [0.2, 0.25) is 0 Å². The van der Waals surface area contributed by atoms with Gasteiger partial charge in [0.15, 0.2) is 7.28 Å². The van der Waals surface area contributed by atoms with Gasteiger partial charge in [-0.1, -0.05) is 42.7 Å². The summed E-state index contributed by atoms with van der Waals surface area (Å²) >= 11 is 0. The van der Waals surface area contributed by atoms with Gasteiger partial charge in [0.1, 0.15) is 0 Å². The maximum Gasteiger partial charge on any atom is 0.332 e. The SMILES string of the molecule is CCC([B]c1ccccc1)NS(=O)(=O)O.O.O. The molecule has 0 bridgehead atoms. The van der Waals surface area contributed by atoms with Gasteiger partial charge in [-0.25, -0.2) is 0 Å². The number of rotatable bonds is 5. The maximum absolute atomic E-state index is 10.6. The Morgan fingerprint density at radius 3 is 2.24 bits per heavy atom. The van der Waals surface area contributed by atoms with Crippen molar-refractivity contribution in [2.24, 2.45) is 0 Å². The Kier molecular flexibility index (Phi) is 8.90. The lowest BCUT2D eigenvalue weighted by Gasteiger charge is -2.13. The topological polar surface area (TPSA) is 129 Å². The lowest BCUT2D eigenvalue weighted by Crippen LogP contribution is -2.42. The third kappa shape index (κ3) is 7.89. The molecule has 1 rings (SSSR count). The molecular weight excluding hydrogens is 245 g/mol. The van der Waals surface area contributed by atoms with Crippen LogP contribution in [-0.4, -0.2) is 37.1 Å². The first-order valence-corrected chi connectivity index (χ1v) is 6.10. The molecule has 6 nitrogen and oxygen atoms in total. The van der Waals surface area contributed by atoms with Crippen LogP contribution in [0.4, 0.5) is 0 Å². The molecule has 0 aliphatic heterocycles. The fourth-order valence-corrected chi connectivity index (χ4v) is 1.84. The zero-order chi connectivity index (χ0) is 11.3. The predicted molar refractivity (Wildman–Crippen MR) is 67.8 cm³/mol. The highest BCUT2D eigenvalue weighted by atomic mass is 32.2. The number of hydrogen-bond acceptors (Lipinski definition) is 2. The first-order chi connectivity index (χ1) is 7.01. The fraction of sp³-hybridized carbons (Fsp3) is 0.333. The van der Waals surface area contributed by atoms with Gasteiger partial charge < -0.3 is 11.0 Å². The third-order valence-electron chi connectivity index (χ3n) is 1.93. The van der Waals surface area contributed by atoms with Gasteiger partial charge in [0, 0.05) is 0 Å². The molecule has 17 heavy (non-hydrogen) atoms. The molecule has 1 aromatic carbocycles. The average molecular weight is 262 g/mol. The summed E-state index contributed by atoms with van der Waals surface area (Å²) in [6, 6.07) is 9.36. The Hall–Kier alpha value is -0.925. The summed E-state index contributed by atoms with van der Waals surface area (Å²) < 4.78 is 32.0. The Labute approximate surface area is 102 Å². The van der Waals surface area contributed by atoms with E-state index in [9.17, 15) is 8.42 Å². The molecule has 0 aliphatic carbocycles. The molecule has 0 spiro atoms. The Bertz CT molecular complexity index is 397. The first-order valence-electron chi connectivity index (χ1n) is 4.66. The molecule has 6 N–H and O–H groups in total. The Morgan fingerprint density at radius 2 is 1.82 bits per heavy atom.